The average Bonchev–Trinajstić information content (AvgIpc) is 3.01. The number of amides is 1. The number of carbonyl (C=O) groups excluding carboxylic acids is 1. The van der Waals surface area contributed by atoms with Crippen molar-refractivity contribution in [1.29, 1.82) is 0 Å². The normalized spacial score (nSPS) is 15.5. The maximum atomic E-state index is 13.4. The molecular formula is C35H41Cl2NO7Si. The Bertz CT molecular complexity index is 1520. The van der Waals surface area contributed by atoms with Gasteiger partial charge in [-0.3, -0.25) is 0 Å². The van der Waals surface area contributed by atoms with E-state index in [1.807, 2.05) is 69.4 Å². The Morgan fingerprint density at radius 1 is 0.935 bits per heavy atom. The maximum absolute atomic E-state index is 13.4. The Morgan fingerprint density at radius 2 is 1.57 bits per heavy atom. The van der Waals surface area contributed by atoms with Crippen molar-refractivity contribution in [3.8, 4) is 11.5 Å². The van der Waals surface area contributed by atoms with Crippen molar-refractivity contribution in [3.05, 3.63) is 99.5 Å². The van der Waals surface area contributed by atoms with E-state index in [9.17, 15) is 19.5 Å². The van der Waals surface area contributed by atoms with Gasteiger partial charge in [-0.05, 0) is 78.4 Å². The van der Waals surface area contributed by atoms with Gasteiger partial charge in [0.05, 0.1) is 21.7 Å². The van der Waals surface area contributed by atoms with Gasteiger partial charge in [-0.1, -0.05) is 85.6 Å². The zero-order valence-electron chi connectivity index (χ0n) is 26.6. The molecule has 1 atom stereocenters. The van der Waals surface area contributed by atoms with Crippen molar-refractivity contribution in [1.82, 2.24) is 4.90 Å². The third-order valence-corrected chi connectivity index (χ3v) is 12.9. The van der Waals surface area contributed by atoms with Gasteiger partial charge in [0, 0.05) is 6.54 Å². The minimum atomic E-state index is -2.59. The Labute approximate surface area is 281 Å². The highest BCUT2D eigenvalue weighted by Gasteiger charge is 2.42. The molecule has 3 aromatic carbocycles. The summed E-state index contributed by atoms with van der Waals surface area (Å²) in [5.41, 5.74) is 2.40. The molecule has 246 valence electrons. The van der Waals surface area contributed by atoms with Gasteiger partial charge in [0.15, 0.2) is 14.1 Å². The molecule has 46 heavy (non-hydrogen) atoms. The first-order valence-corrected chi connectivity index (χ1v) is 18.9. The maximum Gasteiger partial charge on any atom is 0.410 e. The third-order valence-electron chi connectivity index (χ3n) is 8.73. The summed E-state index contributed by atoms with van der Waals surface area (Å²) in [5, 5.41) is 11.0. The number of hydrogen-bond acceptors (Lipinski definition) is 6. The van der Waals surface area contributed by atoms with Gasteiger partial charge in [-0.15, -0.1) is 0 Å². The number of para-hydroxylation sites is 1. The number of halogens is 2. The SMILES string of the molecule is CC(C)(CCC1C(C(=O)O)=C(c2ccc(OCCOc3c(Cl)cccc3Cl)cc2)CCN1C(=O)OCc1ccccc1)[Si](C)(C)O. The molecule has 4 rings (SSSR count). The predicted molar refractivity (Wildman–Crippen MR) is 183 cm³/mol. The molecule has 1 aliphatic heterocycles. The van der Waals surface area contributed by atoms with Crippen LogP contribution < -0.4 is 9.47 Å². The van der Waals surface area contributed by atoms with Crippen LogP contribution in [0.2, 0.25) is 28.2 Å². The van der Waals surface area contributed by atoms with E-state index < -0.39 is 31.5 Å². The molecule has 1 unspecified atom stereocenters. The second-order valence-corrected chi connectivity index (χ2v) is 17.7. The van der Waals surface area contributed by atoms with Crippen molar-refractivity contribution >= 4 is 49.2 Å². The first-order valence-electron chi connectivity index (χ1n) is 15.2. The van der Waals surface area contributed by atoms with Crippen LogP contribution in [-0.2, 0) is 16.1 Å². The van der Waals surface area contributed by atoms with Crippen molar-refractivity contribution in [2.45, 2.75) is 63.9 Å². The minimum absolute atomic E-state index is 0.0852. The van der Waals surface area contributed by atoms with Crippen molar-refractivity contribution < 1.29 is 33.7 Å². The molecule has 11 heteroatoms. The van der Waals surface area contributed by atoms with Crippen LogP contribution >= 0.6 is 23.2 Å². The summed E-state index contributed by atoms with van der Waals surface area (Å²) in [4.78, 5) is 38.8. The molecule has 0 aliphatic carbocycles. The number of benzene rings is 3. The standard InChI is InChI=1S/C35H41Cl2NO7Si/c1-35(2,46(3,4)42)19-17-30-31(33(39)40)27(18-20-38(30)34(41)45-23-24-9-6-5-7-10-24)25-13-15-26(16-14-25)43-21-22-44-32-28(36)11-8-12-29(32)37/h5-16,30,42H,17-23H2,1-4H3,(H,39,40). The van der Waals surface area contributed by atoms with Crippen molar-refractivity contribution in [2.75, 3.05) is 19.8 Å². The molecule has 1 amide bonds. The summed E-state index contributed by atoms with van der Waals surface area (Å²) in [5.74, 6) is -0.101. The largest absolute Gasteiger partial charge is 0.490 e. The Morgan fingerprint density at radius 3 is 2.17 bits per heavy atom. The molecule has 0 fully saturated rings. The zero-order valence-corrected chi connectivity index (χ0v) is 29.1. The highest BCUT2D eigenvalue weighted by molar-refractivity contribution is 6.72. The lowest BCUT2D eigenvalue weighted by Crippen LogP contribution is -2.48. The lowest BCUT2D eigenvalue weighted by Gasteiger charge is -2.40. The number of rotatable bonds is 13. The van der Waals surface area contributed by atoms with Crippen LogP contribution in [0, 0.1) is 0 Å². The lowest BCUT2D eigenvalue weighted by molar-refractivity contribution is -0.133. The number of carboxylic acids is 1. The highest BCUT2D eigenvalue weighted by atomic mass is 35.5. The monoisotopic (exact) mass is 685 g/mol. The molecule has 3 aromatic rings. The second kappa shape index (κ2) is 15.4. The van der Waals surface area contributed by atoms with E-state index in [0.717, 1.165) is 11.1 Å². The van der Waals surface area contributed by atoms with Crippen LogP contribution in [0.4, 0.5) is 4.79 Å². The molecule has 0 spiro atoms. The summed E-state index contributed by atoms with van der Waals surface area (Å²) in [7, 11) is -2.59. The van der Waals surface area contributed by atoms with Crippen LogP contribution in [0.15, 0.2) is 78.4 Å². The molecule has 8 nitrogen and oxygen atoms in total. The predicted octanol–water partition coefficient (Wildman–Crippen LogP) is 8.46. The molecule has 0 radical (unpaired) electrons. The highest BCUT2D eigenvalue weighted by Crippen LogP contribution is 2.43. The second-order valence-electron chi connectivity index (χ2n) is 12.5. The summed E-state index contributed by atoms with van der Waals surface area (Å²) in [6.45, 7) is 8.60. The molecule has 0 saturated heterocycles. The molecule has 0 saturated carbocycles. The zero-order chi connectivity index (χ0) is 33.5. The van der Waals surface area contributed by atoms with Gasteiger partial charge in [0.2, 0.25) is 0 Å². The van der Waals surface area contributed by atoms with Gasteiger partial charge >= 0.3 is 12.1 Å². The summed E-state index contributed by atoms with van der Waals surface area (Å²) in [6.07, 6.45) is 0.684. The molecular weight excluding hydrogens is 645 g/mol. The fraction of sp³-hybridized carbons (Fsp3) is 0.371. The van der Waals surface area contributed by atoms with Crippen LogP contribution in [-0.4, -0.2) is 61.0 Å². The number of hydrogen-bond donors (Lipinski definition) is 2. The van der Waals surface area contributed by atoms with E-state index in [0.29, 0.717) is 52.9 Å². The lowest BCUT2D eigenvalue weighted by atomic mass is 9.85. The van der Waals surface area contributed by atoms with Gasteiger partial charge in [-0.25, -0.2) is 9.59 Å². The molecule has 0 aromatic heterocycles. The van der Waals surface area contributed by atoms with E-state index in [1.165, 1.54) is 4.90 Å². The van der Waals surface area contributed by atoms with Crippen molar-refractivity contribution in [2.24, 2.45) is 0 Å². The van der Waals surface area contributed by atoms with E-state index in [-0.39, 0.29) is 25.4 Å². The van der Waals surface area contributed by atoms with Crippen LogP contribution in [0.1, 0.15) is 44.2 Å². The molecule has 0 bridgehead atoms. The van der Waals surface area contributed by atoms with Crippen LogP contribution in [0.5, 0.6) is 11.5 Å². The van der Waals surface area contributed by atoms with Gasteiger partial charge in [-0.2, -0.15) is 0 Å². The summed E-state index contributed by atoms with van der Waals surface area (Å²) < 4.78 is 17.2. The molecule has 1 aliphatic rings. The van der Waals surface area contributed by atoms with Crippen LogP contribution in [0.25, 0.3) is 5.57 Å². The Hall–Kier alpha value is -3.50. The fourth-order valence-electron chi connectivity index (χ4n) is 5.25. The van der Waals surface area contributed by atoms with Gasteiger partial charge in [0.1, 0.15) is 25.6 Å². The topological polar surface area (TPSA) is 106 Å². The average molecular weight is 687 g/mol. The number of ether oxygens (including phenoxy) is 3. The van der Waals surface area contributed by atoms with E-state index >= 15 is 0 Å². The van der Waals surface area contributed by atoms with Crippen molar-refractivity contribution in [3.63, 3.8) is 0 Å². The van der Waals surface area contributed by atoms with E-state index in [2.05, 4.69) is 0 Å². The van der Waals surface area contributed by atoms with E-state index in [1.54, 1.807) is 30.3 Å². The third kappa shape index (κ3) is 8.85. The quantitative estimate of drug-likeness (QED) is 0.137. The van der Waals surface area contributed by atoms with E-state index in [4.69, 9.17) is 37.4 Å². The number of carboxylic acid groups (broad SMARTS) is 1. The molecule has 1 heterocycles. The first kappa shape index (κ1) is 35.4. The molecule has 2 N–H and O–H groups in total. The first-order chi connectivity index (χ1) is 21.8. The fourth-order valence-corrected chi connectivity index (χ4v) is 6.51. The number of carbonyl (C=O) groups is 2. The Balaban J connectivity index is 1.53. The summed E-state index contributed by atoms with van der Waals surface area (Å²) >= 11 is 12.3. The van der Waals surface area contributed by atoms with Gasteiger partial charge in [0.25, 0.3) is 0 Å². The minimum Gasteiger partial charge on any atom is -0.490 e. The number of nitrogens with zero attached hydrogens (tertiary/aromatic N) is 1. The van der Waals surface area contributed by atoms with Gasteiger partial charge < -0.3 is 29.0 Å². The number of aliphatic carboxylic acids is 1. The smallest absolute Gasteiger partial charge is 0.410 e. The Kier molecular flexibility index (Phi) is 11.8. The summed E-state index contributed by atoms with van der Waals surface area (Å²) in [6, 6.07) is 21.0. The van der Waals surface area contributed by atoms with Crippen LogP contribution in [0.3, 0.4) is 0 Å².